The molecule has 4 nitrogen and oxygen atoms in total. The summed E-state index contributed by atoms with van der Waals surface area (Å²) in [6.45, 7) is 7.19. The third-order valence-electron chi connectivity index (χ3n) is 3.56. The smallest absolute Gasteiger partial charge is 0.0872 e. The van der Waals surface area contributed by atoms with E-state index < -0.39 is 0 Å². The number of rotatable bonds is 5. The van der Waals surface area contributed by atoms with Gasteiger partial charge in [-0.1, -0.05) is 0 Å². The molecule has 6 heteroatoms. The Morgan fingerprint density at radius 2 is 2.42 bits per heavy atom. The number of halogens is 1. The molecule has 2 atom stereocenters. The maximum atomic E-state index is 5.90. The standard InChI is InChI=1S/C13H22BrN3OS/c1-9(2)17-3-4-18-13(7-17)12(16-15)6-11-5-10(14)8-19-11/h5,8-9,12-13,16H,3-4,6-7,15H2,1-2H3. The Labute approximate surface area is 127 Å². The summed E-state index contributed by atoms with van der Waals surface area (Å²) in [5.74, 6) is 5.72. The molecule has 0 aliphatic carbocycles. The van der Waals surface area contributed by atoms with Gasteiger partial charge in [-0.2, -0.15) is 0 Å². The van der Waals surface area contributed by atoms with Gasteiger partial charge in [-0.25, -0.2) is 0 Å². The number of hydrogen-bond acceptors (Lipinski definition) is 5. The van der Waals surface area contributed by atoms with Crippen LogP contribution in [0.5, 0.6) is 0 Å². The highest BCUT2D eigenvalue weighted by molar-refractivity contribution is 9.10. The molecular formula is C13H22BrN3OS. The minimum absolute atomic E-state index is 0.155. The zero-order chi connectivity index (χ0) is 13.8. The van der Waals surface area contributed by atoms with Gasteiger partial charge in [0.1, 0.15) is 0 Å². The molecule has 1 aliphatic rings. The van der Waals surface area contributed by atoms with Crippen LogP contribution in [0.25, 0.3) is 0 Å². The van der Waals surface area contributed by atoms with E-state index in [9.17, 15) is 0 Å². The van der Waals surface area contributed by atoms with Crippen molar-refractivity contribution in [3.63, 3.8) is 0 Å². The molecular weight excluding hydrogens is 326 g/mol. The molecule has 3 N–H and O–H groups in total. The van der Waals surface area contributed by atoms with E-state index in [0.717, 1.165) is 30.6 Å². The third kappa shape index (κ3) is 4.24. The van der Waals surface area contributed by atoms with Gasteiger partial charge in [0, 0.05) is 40.3 Å². The van der Waals surface area contributed by atoms with Crippen LogP contribution in [0.15, 0.2) is 15.9 Å². The lowest BCUT2D eigenvalue weighted by molar-refractivity contribution is -0.0551. The summed E-state index contributed by atoms with van der Waals surface area (Å²) < 4.78 is 7.03. The van der Waals surface area contributed by atoms with Crippen LogP contribution >= 0.6 is 27.3 Å². The second kappa shape index (κ2) is 7.15. The molecule has 0 spiro atoms. The van der Waals surface area contributed by atoms with Gasteiger partial charge in [-0.3, -0.25) is 16.2 Å². The lowest BCUT2D eigenvalue weighted by Gasteiger charge is -2.38. The van der Waals surface area contributed by atoms with Crippen LogP contribution in [0.4, 0.5) is 0 Å². The van der Waals surface area contributed by atoms with Gasteiger partial charge in [0.15, 0.2) is 0 Å². The second-order valence-corrected chi connectivity index (χ2v) is 7.12. The maximum Gasteiger partial charge on any atom is 0.0872 e. The van der Waals surface area contributed by atoms with E-state index in [4.69, 9.17) is 10.6 Å². The second-order valence-electron chi connectivity index (χ2n) is 5.21. The SMILES string of the molecule is CC(C)N1CCOC(C(Cc2cc(Br)cs2)NN)C1. The Morgan fingerprint density at radius 3 is 3.00 bits per heavy atom. The fourth-order valence-corrected chi connectivity index (χ4v) is 3.90. The maximum absolute atomic E-state index is 5.90. The summed E-state index contributed by atoms with van der Waals surface area (Å²) in [6.07, 6.45) is 1.06. The Morgan fingerprint density at radius 1 is 1.63 bits per heavy atom. The molecule has 2 unspecified atom stereocenters. The van der Waals surface area contributed by atoms with Crippen molar-refractivity contribution >= 4 is 27.3 Å². The van der Waals surface area contributed by atoms with Crippen LogP contribution < -0.4 is 11.3 Å². The Balaban J connectivity index is 1.96. The van der Waals surface area contributed by atoms with Crippen LogP contribution in [0, 0.1) is 0 Å². The van der Waals surface area contributed by atoms with E-state index in [2.05, 4.69) is 51.5 Å². The molecule has 2 heterocycles. The largest absolute Gasteiger partial charge is 0.374 e. The van der Waals surface area contributed by atoms with E-state index in [1.165, 1.54) is 4.88 Å². The Bertz CT molecular complexity index is 399. The highest BCUT2D eigenvalue weighted by Crippen LogP contribution is 2.22. The molecule has 0 amide bonds. The number of nitrogens with zero attached hydrogens (tertiary/aromatic N) is 1. The van der Waals surface area contributed by atoms with Crippen molar-refractivity contribution in [1.82, 2.24) is 10.3 Å². The third-order valence-corrected chi connectivity index (χ3v) is 5.28. The number of morpholine rings is 1. The van der Waals surface area contributed by atoms with Crippen LogP contribution in [-0.2, 0) is 11.2 Å². The van der Waals surface area contributed by atoms with Crippen LogP contribution in [0.2, 0.25) is 0 Å². The number of ether oxygens (including phenoxy) is 1. The van der Waals surface area contributed by atoms with Gasteiger partial charge in [-0.15, -0.1) is 11.3 Å². The lowest BCUT2D eigenvalue weighted by atomic mass is 10.0. The van der Waals surface area contributed by atoms with Crippen molar-refractivity contribution in [2.75, 3.05) is 19.7 Å². The molecule has 0 aromatic carbocycles. The lowest BCUT2D eigenvalue weighted by Crippen LogP contribution is -2.55. The van der Waals surface area contributed by atoms with Crippen molar-refractivity contribution in [3.05, 3.63) is 20.8 Å². The van der Waals surface area contributed by atoms with Crippen LogP contribution in [0.3, 0.4) is 0 Å². The summed E-state index contributed by atoms with van der Waals surface area (Å²) in [4.78, 5) is 3.77. The summed E-state index contributed by atoms with van der Waals surface area (Å²) in [7, 11) is 0. The normalized spacial score (nSPS) is 22.9. The molecule has 0 bridgehead atoms. The monoisotopic (exact) mass is 347 g/mol. The quantitative estimate of drug-likeness (QED) is 0.631. The van der Waals surface area contributed by atoms with Crippen molar-refractivity contribution in [2.45, 2.75) is 38.5 Å². The summed E-state index contributed by atoms with van der Waals surface area (Å²) in [5, 5.41) is 2.10. The summed E-state index contributed by atoms with van der Waals surface area (Å²) in [5.41, 5.74) is 2.93. The molecule has 108 valence electrons. The molecule has 1 fully saturated rings. The molecule has 19 heavy (non-hydrogen) atoms. The molecule has 0 radical (unpaired) electrons. The minimum atomic E-state index is 0.155. The fourth-order valence-electron chi connectivity index (χ4n) is 2.38. The van der Waals surface area contributed by atoms with E-state index >= 15 is 0 Å². The van der Waals surface area contributed by atoms with Gasteiger partial charge < -0.3 is 4.74 Å². The minimum Gasteiger partial charge on any atom is -0.374 e. The zero-order valence-electron chi connectivity index (χ0n) is 11.4. The zero-order valence-corrected chi connectivity index (χ0v) is 13.8. The predicted octanol–water partition coefficient (Wildman–Crippen LogP) is 1.99. The van der Waals surface area contributed by atoms with Crippen molar-refractivity contribution < 1.29 is 4.74 Å². The number of nitrogens with two attached hydrogens (primary N) is 1. The van der Waals surface area contributed by atoms with E-state index in [1.807, 2.05) is 0 Å². The van der Waals surface area contributed by atoms with Crippen molar-refractivity contribution in [2.24, 2.45) is 5.84 Å². The number of hydrazine groups is 1. The first-order valence-electron chi connectivity index (χ1n) is 6.65. The first kappa shape index (κ1) is 15.4. The van der Waals surface area contributed by atoms with Crippen LogP contribution in [-0.4, -0.2) is 42.8 Å². The van der Waals surface area contributed by atoms with Gasteiger partial charge in [-0.05, 0) is 35.8 Å². The molecule has 1 saturated heterocycles. The topological polar surface area (TPSA) is 50.5 Å². The summed E-state index contributed by atoms with van der Waals surface area (Å²) in [6, 6.07) is 2.87. The molecule has 1 aromatic rings. The number of hydrogen-bond donors (Lipinski definition) is 2. The Hall–Kier alpha value is 0.0200. The van der Waals surface area contributed by atoms with Crippen LogP contribution in [0.1, 0.15) is 18.7 Å². The average molecular weight is 348 g/mol. The first-order chi connectivity index (χ1) is 9.10. The van der Waals surface area contributed by atoms with E-state index in [1.54, 1.807) is 11.3 Å². The number of thiophene rings is 1. The van der Waals surface area contributed by atoms with Crippen molar-refractivity contribution in [3.8, 4) is 0 Å². The molecule has 1 aromatic heterocycles. The molecule has 1 aliphatic heterocycles. The summed E-state index contributed by atoms with van der Waals surface area (Å²) >= 11 is 5.24. The van der Waals surface area contributed by atoms with Gasteiger partial charge in [0.05, 0.1) is 18.8 Å². The highest BCUT2D eigenvalue weighted by Gasteiger charge is 2.29. The first-order valence-corrected chi connectivity index (χ1v) is 8.32. The van der Waals surface area contributed by atoms with E-state index in [0.29, 0.717) is 6.04 Å². The average Bonchev–Trinajstić information content (AvgIpc) is 2.81. The van der Waals surface area contributed by atoms with E-state index in [-0.39, 0.29) is 12.1 Å². The van der Waals surface area contributed by atoms with Crippen molar-refractivity contribution in [1.29, 1.82) is 0 Å². The number of nitrogens with one attached hydrogen (secondary N) is 1. The molecule has 0 saturated carbocycles. The van der Waals surface area contributed by atoms with Gasteiger partial charge >= 0.3 is 0 Å². The Kier molecular flexibility index (Phi) is 5.80. The predicted molar refractivity (Wildman–Crippen MR) is 83.3 cm³/mol. The highest BCUT2D eigenvalue weighted by atomic mass is 79.9. The van der Waals surface area contributed by atoms with Gasteiger partial charge in [0.2, 0.25) is 0 Å². The molecule has 2 rings (SSSR count). The van der Waals surface area contributed by atoms with Gasteiger partial charge in [0.25, 0.3) is 0 Å². The fraction of sp³-hybridized carbons (Fsp3) is 0.692.